The van der Waals surface area contributed by atoms with Crippen LogP contribution >= 0.6 is 11.3 Å². The van der Waals surface area contributed by atoms with Crippen molar-refractivity contribution in [2.45, 2.75) is 31.8 Å². The van der Waals surface area contributed by atoms with Crippen molar-refractivity contribution in [3.63, 3.8) is 0 Å². The third-order valence-electron chi connectivity index (χ3n) is 3.88. The average Bonchev–Trinajstić information content (AvgIpc) is 3.15. The molecule has 1 amide bonds. The number of nitrogens with zero attached hydrogens (tertiary/aromatic N) is 3. The molecule has 8 heteroatoms. The summed E-state index contributed by atoms with van der Waals surface area (Å²) in [7, 11) is 0. The van der Waals surface area contributed by atoms with Crippen LogP contribution in [0, 0.1) is 0 Å². The van der Waals surface area contributed by atoms with Gasteiger partial charge in [0.2, 0.25) is 5.91 Å². The summed E-state index contributed by atoms with van der Waals surface area (Å²) in [5.41, 5.74) is -0.171. The molecule has 0 saturated carbocycles. The maximum absolute atomic E-state index is 12.2. The maximum Gasteiger partial charge on any atom is 0.326 e. The van der Waals surface area contributed by atoms with Crippen molar-refractivity contribution >= 4 is 33.4 Å². The van der Waals surface area contributed by atoms with Gasteiger partial charge in [-0.2, -0.15) is 0 Å². The predicted octanol–water partition coefficient (Wildman–Crippen LogP) is 0.924. The number of amides is 1. The van der Waals surface area contributed by atoms with Gasteiger partial charge in [0.1, 0.15) is 10.9 Å². The van der Waals surface area contributed by atoms with Crippen molar-refractivity contribution < 1.29 is 14.7 Å². The molecule has 0 bridgehead atoms. The fourth-order valence-electron chi connectivity index (χ4n) is 2.73. The van der Waals surface area contributed by atoms with E-state index in [9.17, 15) is 14.4 Å². The van der Waals surface area contributed by atoms with E-state index in [1.54, 1.807) is 11.4 Å². The molecule has 0 aromatic carbocycles. The zero-order valence-corrected chi connectivity index (χ0v) is 12.6. The molecule has 1 aliphatic rings. The highest BCUT2D eigenvalue weighted by molar-refractivity contribution is 7.16. The topological polar surface area (TPSA) is 92.5 Å². The van der Waals surface area contributed by atoms with Crippen LogP contribution in [0.2, 0.25) is 0 Å². The number of carbonyl (C=O) groups excluding carboxylic acids is 1. The lowest BCUT2D eigenvalue weighted by molar-refractivity contribution is -0.148. The molecule has 7 nitrogen and oxygen atoms in total. The summed E-state index contributed by atoms with van der Waals surface area (Å²) < 4.78 is 1.40. The van der Waals surface area contributed by atoms with Crippen molar-refractivity contribution in [2.75, 3.05) is 6.54 Å². The maximum atomic E-state index is 12.2. The molecule has 3 rings (SSSR count). The van der Waals surface area contributed by atoms with Crippen molar-refractivity contribution in [1.82, 2.24) is 14.5 Å². The summed E-state index contributed by atoms with van der Waals surface area (Å²) in [5, 5.41) is 11.4. The van der Waals surface area contributed by atoms with Crippen molar-refractivity contribution in [1.29, 1.82) is 0 Å². The summed E-state index contributed by atoms with van der Waals surface area (Å²) in [4.78, 5) is 41.8. The number of hydrogen-bond donors (Lipinski definition) is 1. The number of aromatic nitrogens is 2. The first-order valence-corrected chi connectivity index (χ1v) is 7.91. The minimum atomic E-state index is -0.968. The first-order valence-electron chi connectivity index (χ1n) is 7.03. The second-order valence-corrected chi connectivity index (χ2v) is 6.11. The second-order valence-electron chi connectivity index (χ2n) is 5.22. The number of carboxylic acids is 1. The fourth-order valence-corrected chi connectivity index (χ4v) is 3.46. The zero-order chi connectivity index (χ0) is 15.7. The quantitative estimate of drug-likeness (QED) is 0.904. The molecule has 2 aromatic heterocycles. The molecule has 0 aliphatic carbocycles. The molecule has 0 spiro atoms. The Labute approximate surface area is 129 Å². The van der Waals surface area contributed by atoms with E-state index < -0.39 is 12.0 Å². The summed E-state index contributed by atoms with van der Waals surface area (Å²) in [5.74, 6) is -1.20. The number of aliphatic carboxylic acids is 1. The Morgan fingerprint density at radius 3 is 3.05 bits per heavy atom. The molecule has 22 heavy (non-hydrogen) atoms. The Morgan fingerprint density at radius 1 is 1.45 bits per heavy atom. The lowest BCUT2D eigenvalue weighted by Gasteiger charge is -2.21. The largest absolute Gasteiger partial charge is 0.480 e. The summed E-state index contributed by atoms with van der Waals surface area (Å²) >= 11 is 1.39. The van der Waals surface area contributed by atoms with Gasteiger partial charge in [0, 0.05) is 19.5 Å². The molecule has 0 radical (unpaired) electrons. The van der Waals surface area contributed by atoms with E-state index in [1.807, 2.05) is 0 Å². The molecule has 116 valence electrons. The first kappa shape index (κ1) is 14.7. The van der Waals surface area contributed by atoms with Crippen LogP contribution in [-0.2, 0) is 16.1 Å². The minimum Gasteiger partial charge on any atom is -0.480 e. The van der Waals surface area contributed by atoms with Gasteiger partial charge >= 0.3 is 5.97 Å². The fraction of sp³-hybridized carbons (Fsp3) is 0.429. The number of likely N-dealkylation sites (tertiary alicyclic amines) is 1. The summed E-state index contributed by atoms with van der Waals surface area (Å²) in [6, 6.07) is 0.982. The highest BCUT2D eigenvalue weighted by atomic mass is 32.1. The van der Waals surface area contributed by atoms with E-state index in [2.05, 4.69) is 4.98 Å². The standard InChI is InChI=1S/C14H15N3O4S/c18-11(17-5-1-2-10(17)14(20)21)3-6-16-8-15-12-9(13(16)19)4-7-22-12/h4,7-8,10H,1-3,5-6H2,(H,20,21). The van der Waals surface area contributed by atoms with E-state index in [0.29, 0.717) is 29.6 Å². The van der Waals surface area contributed by atoms with Gasteiger partial charge in [-0.05, 0) is 24.3 Å². The minimum absolute atomic E-state index is 0.0982. The van der Waals surface area contributed by atoms with Crippen LogP contribution < -0.4 is 5.56 Å². The van der Waals surface area contributed by atoms with Crippen LogP contribution in [0.15, 0.2) is 22.6 Å². The van der Waals surface area contributed by atoms with E-state index >= 15 is 0 Å². The SMILES string of the molecule is O=C(O)C1CCCN1C(=O)CCn1cnc2sccc2c1=O. The van der Waals surface area contributed by atoms with Crippen molar-refractivity contribution in [3.8, 4) is 0 Å². The van der Waals surface area contributed by atoms with Gasteiger partial charge in [-0.15, -0.1) is 11.3 Å². The highest BCUT2D eigenvalue weighted by Crippen LogP contribution is 2.18. The molecule has 1 N–H and O–H groups in total. The molecule has 1 aliphatic heterocycles. The Balaban J connectivity index is 1.71. The van der Waals surface area contributed by atoms with Crippen LogP contribution in [0.3, 0.4) is 0 Å². The number of thiophene rings is 1. The number of rotatable bonds is 4. The Morgan fingerprint density at radius 2 is 2.27 bits per heavy atom. The van der Waals surface area contributed by atoms with Gasteiger partial charge in [0.15, 0.2) is 0 Å². The van der Waals surface area contributed by atoms with Crippen LogP contribution in [0.25, 0.3) is 10.2 Å². The van der Waals surface area contributed by atoms with Gasteiger partial charge in [0.25, 0.3) is 5.56 Å². The Hall–Kier alpha value is -2.22. The van der Waals surface area contributed by atoms with Crippen LogP contribution in [0.1, 0.15) is 19.3 Å². The molecule has 3 heterocycles. The molecule has 2 aromatic rings. The second kappa shape index (κ2) is 5.88. The van der Waals surface area contributed by atoms with Gasteiger partial charge in [0.05, 0.1) is 11.7 Å². The molecule has 1 atom stereocenters. The van der Waals surface area contributed by atoms with Gasteiger partial charge < -0.3 is 10.0 Å². The van der Waals surface area contributed by atoms with Gasteiger partial charge in [-0.3, -0.25) is 14.2 Å². The van der Waals surface area contributed by atoms with Crippen molar-refractivity contribution in [3.05, 3.63) is 28.1 Å². The van der Waals surface area contributed by atoms with Crippen molar-refractivity contribution in [2.24, 2.45) is 0 Å². The van der Waals surface area contributed by atoms with Gasteiger partial charge in [-0.25, -0.2) is 9.78 Å². The van der Waals surface area contributed by atoms with Crippen LogP contribution in [0.5, 0.6) is 0 Å². The lowest BCUT2D eigenvalue weighted by Crippen LogP contribution is -2.41. The molecular formula is C14H15N3O4S. The molecule has 1 saturated heterocycles. The number of carboxylic acid groups (broad SMARTS) is 1. The van der Waals surface area contributed by atoms with Gasteiger partial charge in [-0.1, -0.05) is 0 Å². The lowest BCUT2D eigenvalue weighted by atomic mass is 10.2. The first-order chi connectivity index (χ1) is 10.6. The molecular weight excluding hydrogens is 306 g/mol. The number of fused-ring (bicyclic) bond motifs is 1. The molecule has 1 unspecified atom stereocenters. The Bertz CT molecular complexity index is 782. The molecule has 1 fully saturated rings. The highest BCUT2D eigenvalue weighted by Gasteiger charge is 2.33. The number of aryl methyl sites for hydroxylation is 1. The zero-order valence-electron chi connectivity index (χ0n) is 11.8. The Kier molecular flexibility index (Phi) is 3.93. The predicted molar refractivity (Wildman–Crippen MR) is 80.9 cm³/mol. The summed E-state index contributed by atoms with van der Waals surface area (Å²) in [6.45, 7) is 0.672. The van der Waals surface area contributed by atoms with E-state index in [-0.39, 0.29) is 24.4 Å². The normalized spacial score (nSPS) is 18.0. The monoisotopic (exact) mass is 321 g/mol. The smallest absolute Gasteiger partial charge is 0.326 e. The third kappa shape index (κ3) is 2.61. The van der Waals surface area contributed by atoms with E-state index in [1.165, 1.54) is 27.1 Å². The number of carbonyl (C=O) groups is 2. The third-order valence-corrected chi connectivity index (χ3v) is 4.70. The van der Waals surface area contributed by atoms with Crippen LogP contribution in [0.4, 0.5) is 0 Å². The number of hydrogen-bond acceptors (Lipinski definition) is 5. The van der Waals surface area contributed by atoms with E-state index in [4.69, 9.17) is 5.11 Å². The van der Waals surface area contributed by atoms with E-state index in [0.717, 1.165) is 0 Å². The van der Waals surface area contributed by atoms with Crippen LogP contribution in [-0.4, -0.2) is 44.0 Å². The summed E-state index contributed by atoms with van der Waals surface area (Å²) in [6.07, 6.45) is 2.72. The average molecular weight is 321 g/mol.